The zero-order valence-corrected chi connectivity index (χ0v) is 16.8. The van der Waals surface area contributed by atoms with E-state index in [0.29, 0.717) is 0 Å². The molecule has 0 amide bonds. The molecule has 1 N–H and O–H groups in total. The minimum Gasteiger partial charge on any atom is -0.222 e. The van der Waals surface area contributed by atoms with Crippen molar-refractivity contribution >= 4 is 0 Å². The second-order valence-electron chi connectivity index (χ2n) is 6.25. The Balaban J connectivity index is 0.000000461. The molecule has 0 unspecified atom stereocenters. The number of aromatic nitrogens is 4. The number of nitrogens with zero attached hydrogens (tertiary/aromatic N) is 3. The number of rotatable bonds is 4. The molecule has 2 heterocycles. The van der Waals surface area contributed by atoms with Crippen molar-refractivity contribution in [2.75, 3.05) is 0 Å². The fraction of sp³-hybridized carbons (Fsp3) is 0.0952. The molecule has 0 saturated carbocycles. The van der Waals surface area contributed by atoms with Crippen LogP contribution < -0.4 is 23.2 Å². The van der Waals surface area contributed by atoms with Gasteiger partial charge in [0.25, 0.3) is 0 Å². The predicted octanol–water partition coefficient (Wildman–Crippen LogP) is -0.778. The van der Waals surface area contributed by atoms with E-state index in [-0.39, 0.29) is 0 Å². The Morgan fingerprint density at radius 3 is 1.90 bits per heavy atom. The molecule has 9 heteroatoms. The van der Waals surface area contributed by atoms with Gasteiger partial charge in [0.2, 0.25) is 0 Å². The molecule has 154 valence electrons. The highest BCUT2D eigenvalue weighted by Gasteiger charge is 2.21. The Labute approximate surface area is 175 Å². The van der Waals surface area contributed by atoms with Crippen molar-refractivity contribution in [3.8, 4) is 28.2 Å². The highest BCUT2D eigenvalue weighted by atomic mass is 35.7. The summed E-state index contributed by atoms with van der Waals surface area (Å²) in [7, 11) is -4.94. The van der Waals surface area contributed by atoms with Gasteiger partial charge >= 0.3 is 5.82 Å². The molecule has 0 aliphatic heterocycles. The molecule has 2 aromatic heterocycles. The van der Waals surface area contributed by atoms with Gasteiger partial charge in [-0.25, -0.2) is 18.6 Å². The molecule has 0 aliphatic rings. The normalized spacial score (nSPS) is 11.0. The van der Waals surface area contributed by atoms with E-state index in [2.05, 4.69) is 87.6 Å². The minimum atomic E-state index is -4.94. The van der Waals surface area contributed by atoms with E-state index in [1.807, 2.05) is 12.1 Å². The Morgan fingerprint density at radius 2 is 1.40 bits per heavy atom. The Kier molecular flexibility index (Phi) is 6.88. The minimum absolute atomic E-state index is 0.801. The van der Waals surface area contributed by atoms with Crippen LogP contribution in [0.25, 0.3) is 28.2 Å². The smallest absolute Gasteiger partial charge is 0.222 e. The molecule has 0 aliphatic carbocycles. The van der Waals surface area contributed by atoms with Crippen molar-refractivity contribution in [2.45, 2.75) is 13.3 Å². The highest BCUT2D eigenvalue weighted by molar-refractivity contribution is 5.69. The van der Waals surface area contributed by atoms with Gasteiger partial charge in [0.1, 0.15) is 17.6 Å². The Morgan fingerprint density at radius 1 is 0.833 bits per heavy atom. The monoisotopic (exact) mass is 426 g/mol. The molecule has 0 radical (unpaired) electrons. The van der Waals surface area contributed by atoms with E-state index in [0.717, 1.165) is 23.5 Å². The number of aryl methyl sites for hydroxylation is 1. The zero-order chi connectivity index (χ0) is 21.6. The first-order valence-electron chi connectivity index (χ1n) is 9.04. The van der Waals surface area contributed by atoms with Crippen LogP contribution in [0.1, 0.15) is 12.6 Å². The van der Waals surface area contributed by atoms with Gasteiger partial charge in [0.05, 0.1) is 5.10 Å². The Hall–Kier alpha value is -3.14. The zero-order valence-electron chi connectivity index (χ0n) is 16.1. The van der Waals surface area contributed by atoms with Crippen molar-refractivity contribution in [2.24, 2.45) is 0 Å². The lowest BCUT2D eigenvalue weighted by Gasteiger charge is -2.17. The summed E-state index contributed by atoms with van der Waals surface area (Å²) in [5.74, 6) is 0.801. The van der Waals surface area contributed by atoms with Crippen LogP contribution in [0.5, 0.6) is 0 Å². The summed E-state index contributed by atoms with van der Waals surface area (Å²) in [5.41, 5.74) is 5.86. The fourth-order valence-electron chi connectivity index (χ4n) is 3.10. The lowest BCUT2D eigenvalue weighted by Crippen LogP contribution is -2.68. The number of nitrogens with one attached hydrogen (secondary N) is 1. The van der Waals surface area contributed by atoms with Gasteiger partial charge in [0.15, 0.2) is 0 Å². The molecule has 2 aromatic carbocycles. The number of benzene rings is 2. The number of pyridine rings is 1. The lowest BCUT2D eigenvalue weighted by atomic mass is 10.0. The van der Waals surface area contributed by atoms with Crippen molar-refractivity contribution in [1.29, 1.82) is 0 Å². The average Bonchev–Trinajstić information content (AvgIpc) is 3.27. The van der Waals surface area contributed by atoms with Gasteiger partial charge in [-0.05, 0) is 23.3 Å². The lowest BCUT2D eigenvalue weighted by molar-refractivity contribution is -2.00. The standard InChI is InChI=1S/C21H19N4.ClHO4/c1-2-19-13-18(16-9-5-3-6-10-16)14-20(17-11-7-4-8-12-17)25(19)21-15-22-24-23-21;2-1(3,4)5/h3-15H,2H2,1H3,(H,22,23,24);(H,2,3,4,5)/q+1;/p-1. The summed E-state index contributed by atoms with van der Waals surface area (Å²) < 4.78 is 36.1. The van der Waals surface area contributed by atoms with E-state index in [4.69, 9.17) is 18.6 Å². The van der Waals surface area contributed by atoms with E-state index < -0.39 is 10.2 Å². The molecular formula is C21H19ClN4O4. The van der Waals surface area contributed by atoms with Gasteiger partial charge in [0, 0.05) is 12.0 Å². The van der Waals surface area contributed by atoms with Gasteiger partial charge in [-0.15, -0.1) is 20.6 Å². The summed E-state index contributed by atoms with van der Waals surface area (Å²) in [6.07, 6.45) is 2.65. The van der Waals surface area contributed by atoms with Crippen molar-refractivity contribution in [3.05, 3.63) is 84.7 Å². The third-order valence-corrected chi connectivity index (χ3v) is 4.31. The topological polar surface area (TPSA) is 138 Å². The summed E-state index contributed by atoms with van der Waals surface area (Å²) >= 11 is 0. The molecule has 0 saturated heterocycles. The van der Waals surface area contributed by atoms with Crippen LogP contribution in [-0.2, 0) is 6.42 Å². The summed E-state index contributed by atoms with van der Waals surface area (Å²) in [6.45, 7) is 2.16. The summed E-state index contributed by atoms with van der Waals surface area (Å²) in [5, 5.41) is 11.0. The molecule has 0 atom stereocenters. The average molecular weight is 427 g/mol. The number of H-pyrrole nitrogens is 1. The number of halogens is 1. The highest BCUT2D eigenvalue weighted by Crippen LogP contribution is 2.26. The second kappa shape index (κ2) is 9.57. The molecule has 4 aromatic rings. The fourth-order valence-corrected chi connectivity index (χ4v) is 3.10. The van der Waals surface area contributed by atoms with Crippen LogP contribution in [0.15, 0.2) is 79.0 Å². The van der Waals surface area contributed by atoms with E-state index >= 15 is 0 Å². The van der Waals surface area contributed by atoms with Gasteiger partial charge in [-0.1, -0.05) is 67.6 Å². The van der Waals surface area contributed by atoms with E-state index in [9.17, 15) is 0 Å². The molecule has 0 fully saturated rings. The third kappa shape index (κ3) is 5.69. The summed E-state index contributed by atoms with van der Waals surface area (Å²) in [6, 6.07) is 25.3. The number of hydrogen-bond acceptors (Lipinski definition) is 6. The second-order valence-corrected chi connectivity index (χ2v) is 7.00. The maximum absolute atomic E-state index is 8.49. The van der Waals surface area contributed by atoms with Crippen LogP contribution in [0.4, 0.5) is 0 Å². The van der Waals surface area contributed by atoms with E-state index in [1.54, 1.807) is 6.20 Å². The molecule has 4 rings (SSSR count). The van der Waals surface area contributed by atoms with Crippen molar-refractivity contribution in [1.82, 2.24) is 15.4 Å². The van der Waals surface area contributed by atoms with Crippen LogP contribution >= 0.6 is 0 Å². The van der Waals surface area contributed by atoms with Crippen LogP contribution in [0.2, 0.25) is 0 Å². The quantitative estimate of drug-likeness (QED) is 0.425. The van der Waals surface area contributed by atoms with Crippen LogP contribution in [-0.4, -0.2) is 15.4 Å². The third-order valence-electron chi connectivity index (χ3n) is 4.31. The molecule has 0 bridgehead atoms. The van der Waals surface area contributed by atoms with Crippen LogP contribution in [0, 0.1) is 10.2 Å². The van der Waals surface area contributed by atoms with E-state index in [1.165, 1.54) is 16.8 Å². The molecule has 30 heavy (non-hydrogen) atoms. The first-order valence-corrected chi connectivity index (χ1v) is 10.3. The van der Waals surface area contributed by atoms with Crippen LogP contribution in [0.3, 0.4) is 0 Å². The summed E-state index contributed by atoms with van der Waals surface area (Å²) in [4.78, 5) is 0. The number of aromatic amines is 1. The first kappa shape index (κ1) is 21.6. The first-order chi connectivity index (χ1) is 14.4. The Bertz CT molecular complexity index is 1060. The number of hydrogen-bond donors (Lipinski definition) is 1. The van der Waals surface area contributed by atoms with Gasteiger partial charge < -0.3 is 0 Å². The maximum Gasteiger partial charge on any atom is 0.375 e. The predicted molar refractivity (Wildman–Crippen MR) is 98.2 cm³/mol. The molecular weight excluding hydrogens is 408 g/mol. The van der Waals surface area contributed by atoms with Gasteiger partial charge in [-0.2, -0.15) is 4.57 Å². The van der Waals surface area contributed by atoms with Crippen molar-refractivity contribution in [3.63, 3.8) is 0 Å². The largest absolute Gasteiger partial charge is 0.375 e. The SMILES string of the molecule is CCc1cc(-c2ccccc2)cc(-c2ccccc2)[n+]1-c1cn[nH]n1.[O-][Cl+3]([O-])([O-])[O-]. The molecule has 0 spiro atoms. The molecule has 8 nitrogen and oxygen atoms in total. The maximum atomic E-state index is 8.49. The van der Waals surface area contributed by atoms with Gasteiger partial charge in [-0.3, -0.25) is 0 Å². The van der Waals surface area contributed by atoms with Crippen molar-refractivity contribution < 1.29 is 33.4 Å².